The molecule has 0 aliphatic carbocycles. The van der Waals surface area contributed by atoms with E-state index in [2.05, 4.69) is 4.98 Å². The van der Waals surface area contributed by atoms with Gasteiger partial charge < -0.3 is 4.98 Å². The molecule has 16 heavy (non-hydrogen) atoms. The average Bonchev–Trinajstić information content (AvgIpc) is 2.90. The molecule has 0 fully saturated rings. The molecule has 78 valence electrons. The molecule has 1 N–H and O–H groups in total. The second-order valence-electron chi connectivity index (χ2n) is 3.56. The van der Waals surface area contributed by atoms with E-state index in [0.29, 0.717) is 0 Å². The number of ketones is 1. The lowest BCUT2D eigenvalue weighted by Gasteiger charge is -1.91. The number of fused-ring (bicyclic) bond motifs is 1. The maximum Gasteiger partial charge on any atom is 0.200 e. The summed E-state index contributed by atoms with van der Waals surface area (Å²) in [4.78, 5) is 16.9. The van der Waals surface area contributed by atoms with Crippen LogP contribution in [-0.4, -0.2) is 10.8 Å². The third-order valence-electron chi connectivity index (χ3n) is 2.48. The summed E-state index contributed by atoms with van der Waals surface area (Å²) in [5.41, 5.74) is 1.77. The lowest BCUT2D eigenvalue weighted by molar-refractivity contribution is 0.104. The van der Waals surface area contributed by atoms with Crippen molar-refractivity contribution >= 4 is 23.6 Å². The number of nitrogens with one attached hydrogen (secondary N) is 1. The monoisotopic (exact) mass is 227 g/mol. The van der Waals surface area contributed by atoms with E-state index >= 15 is 0 Å². The maximum absolute atomic E-state index is 12.0. The number of hydrogen-bond acceptors (Lipinski definition) is 2. The highest BCUT2D eigenvalue weighted by molar-refractivity contribution is 8.04. The Morgan fingerprint density at radius 2 is 2.00 bits per heavy atom. The number of allylic oxidation sites excluding steroid dienone is 1. The molecule has 3 heteroatoms. The molecule has 3 rings (SSSR count). The quantitative estimate of drug-likeness (QED) is 0.758. The first-order valence-corrected chi connectivity index (χ1v) is 5.83. The zero-order chi connectivity index (χ0) is 11.0. The van der Waals surface area contributed by atoms with Crippen molar-refractivity contribution in [2.75, 3.05) is 0 Å². The van der Waals surface area contributed by atoms with Gasteiger partial charge in [0.05, 0.1) is 4.91 Å². The van der Waals surface area contributed by atoms with Crippen molar-refractivity contribution in [3.63, 3.8) is 0 Å². The molecular weight excluding hydrogens is 218 g/mol. The molecule has 1 aromatic heterocycles. The summed E-state index contributed by atoms with van der Waals surface area (Å²) in [6.45, 7) is 0. The van der Waals surface area contributed by atoms with Gasteiger partial charge in [0.2, 0.25) is 5.78 Å². The van der Waals surface area contributed by atoms with Crippen LogP contribution in [0.1, 0.15) is 16.1 Å². The van der Waals surface area contributed by atoms with Gasteiger partial charge in [-0.3, -0.25) is 4.79 Å². The number of thioether (sulfide) groups is 1. The highest BCUT2D eigenvalue weighted by atomic mass is 32.2. The molecule has 0 saturated heterocycles. The van der Waals surface area contributed by atoms with E-state index in [1.54, 1.807) is 0 Å². The van der Waals surface area contributed by atoms with Crippen LogP contribution in [0.3, 0.4) is 0 Å². The second-order valence-corrected chi connectivity index (χ2v) is 4.65. The number of Topliss-reactive ketones (excluding diaryl/α,β-unsaturated/α-hetero) is 1. The van der Waals surface area contributed by atoms with Crippen molar-refractivity contribution in [3.8, 4) is 0 Å². The van der Waals surface area contributed by atoms with Gasteiger partial charge >= 0.3 is 0 Å². The molecule has 0 radical (unpaired) electrons. The summed E-state index contributed by atoms with van der Waals surface area (Å²) >= 11 is 1.53. The van der Waals surface area contributed by atoms with Gasteiger partial charge in [0.15, 0.2) is 0 Å². The maximum atomic E-state index is 12.0. The second kappa shape index (κ2) is 3.68. The largest absolute Gasteiger partial charge is 0.362 e. The van der Waals surface area contributed by atoms with Gasteiger partial charge in [-0.25, -0.2) is 0 Å². The topological polar surface area (TPSA) is 32.9 Å². The van der Waals surface area contributed by atoms with Crippen molar-refractivity contribution in [1.82, 2.24) is 4.98 Å². The van der Waals surface area contributed by atoms with Crippen molar-refractivity contribution in [1.29, 1.82) is 0 Å². The van der Waals surface area contributed by atoms with Gasteiger partial charge in [-0.1, -0.05) is 23.9 Å². The van der Waals surface area contributed by atoms with Crippen LogP contribution in [0.5, 0.6) is 0 Å². The van der Waals surface area contributed by atoms with Gasteiger partial charge in [-0.2, -0.15) is 0 Å². The molecule has 0 spiro atoms. The smallest absolute Gasteiger partial charge is 0.200 e. The minimum atomic E-state index is 0.121. The van der Waals surface area contributed by atoms with Crippen LogP contribution in [-0.2, 0) is 0 Å². The zero-order valence-corrected chi connectivity index (χ0v) is 9.25. The van der Waals surface area contributed by atoms with Crippen molar-refractivity contribution in [3.05, 3.63) is 58.8 Å². The third-order valence-corrected chi connectivity index (χ3v) is 3.58. The van der Waals surface area contributed by atoms with E-state index in [1.165, 1.54) is 11.8 Å². The van der Waals surface area contributed by atoms with Gasteiger partial charge in [0, 0.05) is 22.3 Å². The van der Waals surface area contributed by atoms with Crippen LogP contribution in [0, 0.1) is 0 Å². The fraction of sp³-hybridized carbons (Fsp3) is 0. The van der Waals surface area contributed by atoms with Crippen molar-refractivity contribution < 1.29 is 4.79 Å². The first-order valence-electron chi connectivity index (χ1n) is 5.01. The standard InChI is InChI=1S/C13H9NOS/c15-13-10-5-1-2-6-11(10)16-12(13)8-9-4-3-7-14-9/h1-8,14H/b12-8+. The predicted octanol–water partition coefficient (Wildman–Crippen LogP) is 3.34. The minimum absolute atomic E-state index is 0.121. The highest BCUT2D eigenvalue weighted by Crippen LogP contribution is 2.40. The average molecular weight is 227 g/mol. The number of aromatic nitrogens is 1. The van der Waals surface area contributed by atoms with E-state index in [4.69, 9.17) is 0 Å². The number of benzene rings is 1. The Labute approximate surface area is 97.4 Å². The Kier molecular flexibility index (Phi) is 2.18. The number of rotatable bonds is 1. The molecule has 0 bridgehead atoms. The number of aromatic amines is 1. The molecule has 1 aliphatic heterocycles. The van der Waals surface area contributed by atoms with Crippen LogP contribution < -0.4 is 0 Å². The number of carbonyl (C=O) groups excluding carboxylic acids is 1. The Balaban J connectivity index is 2.02. The van der Waals surface area contributed by atoms with E-state index in [1.807, 2.05) is 48.7 Å². The first kappa shape index (κ1) is 9.48. The van der Waals surface area contributed by atoms with Gasteiger partial charge in [-0.05, 0) is 30.3 Å². The Morgan fingerprint density at radius 1 is 1.12 bits per heavy atom. The molecule has 1 aromatic carbocycles. The van der Waals surface area contributed by atoms with Crippen LogP contribution in [0.4, 0.5) is 0 Å². The number of carbonyl (C=O) groups is 1. The Bertz CT molecular complexity index is 569. The van der Waals surface area contributed by atoms with E-state index < -0.39 is 0 Å². The van der Waals surface area contributed by atoms with E-state index in [0.717, 1.165) is 21.1 Å². The highest BCUT2D eigenvalue weighted by Gasteiger charge is 2.24. The lowest BCUT2D eigenvalue weighted by atomic mass is 10.1. The normalized spacial score (nSPS) is 16.8. The van der Waals surface area contributed by atoms with E-state index in [-0.39, 0.29) is 5.78 Å². The molecular formula is C13H9NOS. The van der Waals surface area contributed by atoms with Gasteiger partial charge in [0.25, 0.3) is 0 Å². The summed E-state index contributed by atoms with van der Waals surface area (Å²) in [6, 6.07) is 11.6. The molecule has 2 heterocycles. The fourth-order valence-electron chi connectivity index (χ4n) is 1.71. The Morgan fingerprint density at radius 3 is 2.75 bits per heavy atom. The molecule has 0 saturated carbocycles. The molecule has 2 aromatic rings. The molecule has 0 atom stereocenters. The molecule has 2 nitrogen and oxygen atoms in total. The van der Waals surface area contributed by atoms with Crippen LogP contribution in [0.25, 0.3) is 6.08 Å². The molecule has 0 amide bonds. The van der Waals surface area contributed by atoms with Crippen LogP contribution in [0.2, 0.25) is 0 Å². The predicted molar refractivity (Wildman–Crippen MR) is 65.4 cm³/mol. The summed E-state index contributed by atoms with van der Waals surface area (Å²) in [6.07, 6.45) is 3.75. The van der Waals surface area contributed by atoms with E-state index in [9.17, 15) is 4.79 Å². The minimum Gasteiger partial charge on any atom is -0.362 e. The molecule has 0 unspecified atom stereocenters. The summed E-state index contributed by atoms with van der Waals surface area (Å²) in [5.74, 6) is 0.121. The number of hydrogen-bond donors (Lipinski definition) is 1. The van der Waals surface area contributed by atoms with Crippen LogP contribution >= 0.6 is 11.8 Å². The molecule has 1 aliphatic rings. The summed E-state index contributed by atoms with van der Waals surface area (Å²) in [5, 5.41) is 0. The summed E-state index contributed by atoms with van der Waals surface area (Å²) in [7, 11) is 0. The van der Waals surface area contributed by atoms with Crippen molar-refractivity contribution in [2.45, 2.75) is 4.90 Å². The number of H-pyrrole nitrogens is 1. The zero-order valence-electron chi connectivity index (χ0n) is 8.44. The summed E-state index contributed by atoms with van der Waals surface area (Å²) < 4.78 is 0. The SMILES string of the molecule is O=C1/C(=C\c2ccc[nH]2)Sc2ccccc21. The van der Waals surface area contributed by atoms with Crippen LogP contribution in [0.15, 0.2) is 52.4 Å². The lowest BCUT2D eigenvalue weighted by Crippen LogP contribution is -1.93. The van der Waals surface area contributed by atoms with Gasteiger partial charge in [-0.15, -0.1) is 0 Å². The fourth-order valence-corrected chi connectivity index (χ4v) is 2.75. The Hall–Kier alpha value is -1.74. The first-order chi connectivity index (χ1) is 7.84. The van der Waals surface area contributed by atoms with Crippen molar-refractivity contribution in [2.24, 2.45) is 0 Å². The van der Waals surface area contributed by atoms with Gasteiger partial charge in [0.1, 0.15) is 0 Å². The third kappa shape index (κ3) is 1.49.